The van der Waals surface area contributed by atoms with E-state index in [0.29, 0.717) is 91.8 Å². The number of carbonyl (C=O) groups excluding carboxylic acids is 3. The fourth-order valence-corrected chi connectivity index (χ4v) is 8.95. The van der Waals surface area contributed by atoms with Crippen LogP contribution in [0.1, 0.15) is 33.1 Å². The number of carboxylic acids is 1. The molecule has 0 aliphatic carbocycles. The molecule has 0 radical (unpaired) electrons. The number of halogens is 3. The third-order valence-corrected chi connectivity index (χ3v) is 12.4. The first kappa shape index (κ1) is 41.3. The molecular weight excluding hydrogens is 792 g/mol. The van der Waals surface area contributed by atoms with Crippen molar-refractivity contribution in [3.8, 4) is 22.4 Å². The summed E-state index contributed by atoms with van der Waals surface area (Å²) in [5.74, 6) is -2.17. The molecule has 3 fully saturated rings. The lowest BCUT2D eigenvalue weighted by molar-refractivity contribution is -0.914. The number of nitrogens with one attached hydrogen (secondary N) is 2. The van der Waals surface area contributed by atoms with E-state index in [1.165, 1.54) is 16.8 Å². The van der Waals surface area contributed by atoms with Crippen LogP contribution in [0.15, 0.2) is 42.7 Å². The van der Waals surface area contributed by atoms with Crippen molar-refractivity contribution in [2.24, 2.45) is 18.9 Å². The predicted molar refractivity (Wildman–Crippen MR) is 215 cm³/mol. The van der Waals surface area contributed by atoms with Crippen LogP contribution >= 0.6 is 23.2 Å². The number of methoxy groups -OCH3 is 1. The Hall–Kier alpha value is -4.87. The number of likely N-dealkylation sites (tertiary alicyclic amines) is 1. The van der Waals surface area contributed by atoms with Gasteiger partial charge in [0.15, 0.2) is 18.2 Å². The number of aliphatic carboxylic acids is 1. The number of piperazine rings is 1. The van der Waals surface area contributed by atoms with Gasteiger partial charge in [-0.15, -0.1) is 0 Å². The second-order valence-electron chi connectivity index (χ2n) is 15.4. The minimum atomic E-state index is -0.846. The quantitative estimate of drug-likeness (QED) is 0.169. The van der Waals surface area contributed by atoms with Gasteiger partial charge in [-0.05, 0) is 31.2 Å². The first-order chi connectivity index (χ1) is 27.8. The van der Waals surface area contributed by atoms with Crippen molar-refractivity contribution in [1.29, 1.82) is 0 Å². The molecule has 4 aromatic rings. The number of hydrogen-bond donors (Lipinski definition) is 3. The van der Waals surface area contributed by atoms with E-state index in [2.05, 4.69) is 20.7 Å². The van der Waals surface area contributed by atoms with Crippen molar-refractivity contribution < 1.29 is 37.9 Å². The molecule has 2 aromatic carbocycles. The summed E-state index contributed by atoms with van der Waals surface area (Å²) >= 11 is 13.2. The van der Waals surface area contributed by atoms with Crippen molar-refractivity contribution in [2.75, 3.05) is 84.5 Å². The fraction of sp³-hybridized carbons (Fsp3) is 0.450. The second kappa shape index (κ2) is 17.2. The Kier molecular flexibility index (Phi) is 12.2. The number of nitrogens with zero attached hydrogens (tertiary/aromatic N) is 7. The van der Waals surface area contributed by atoms with E-state index in [0.717, 1.165) is 25.3 Å². The highest BCUT2D eigenvalue weighted by molar-refractivity contribution is 6.34. The van der Waals surface area contributed by atoms with Gasteiger partial charge in [0.2, 0.25) is 5.91 Å². The molecule has 7 rings (SSSR count). The molecule has 0 saturated carbocycles. The highest BCUT2D eigenvalue weighted by Gasteiger charge is 2.46. The average Bonchev–Trinajstić information content (AvgIpc) is 3.89. The summed E-state index contributed by atoms with van der Waals surface area (Å²) in [6.07, 6.45) is 3.68. The molecule has 308 valence electrons. The molecule has 3 amide bonds. The van der Waals surface area contributed by atoms with Crippen LogP contribution in [0.25, 0.3) is 22.4 Å². The lowest BCUT2D eigenvalue weighted by Crippen LogP contribution is -2.58. The Balaban J connectivity index is 0.955. The van der Waals surface area contributed by atoms with Gasteiger partial charge in [0.1, 0.15) is 0 Å². The van der Waals surface area contributed by atoms with Crippen LogP contribution in [0.5, 0.6) is 0 Å². The van der Waals surface area contributed by atoms with Gasteiger partial charge in [-0.2, -0.15) is 5.10 Å². The summed E-state index contributed by atoms with van der Waals surface area (Å²) in [5.41, 5.74) is 3.07. The van der Waals surface area contributed by atoms with Crippen molar-refractivity contribution in [2.45, 2.75) is 19.9 Å². The monoisotopic (exact) mass is 838 g/mol. The number of quaternary nitrogens is 1. The number of hydrogen-bond acceptors (Lipinski definition) is 8. The maximum Gasteiger partial charge on any atom is 0.359 e. The molecule has 0 spiro atoms. The highest BCUT2D eigenvalue weighted by atomic mass is 35.5. The summed E-state index contributed by atoms with van der Waals surface area (Å²) in [7, 11) is 3.20. The van der Waals surface area contributed by atoms with Gasteiger partial charge >= 0.3 is 5.97 Å². The van der Waals surface area contributed by atoms with E-state index >= 15 is 4.39 Å². The van der Waals surface area contributed by atoms with Gasteiger partial charge in [0.25, 0.3) is 11.8 Å². The molecule has 58 heavy (non-hydrogen) atoms. The zero-order valence-corrected chi connectivity index (χ0v) is 34.2. The Morgan fingerprint density at radius 3 is 2.43 bits per heavy atom. The first-order valence-corrected chi connectivity index (χ1v) is 20.0. The lowest BCUT2D eigenvalue weighted by atomic mass is 10.0. The molecule has 3 aliphatic heterocycles. The maximum absolute atomic E-state index is 15.8. The molecule has 3 saturated heterocycles. The van der Waals surface area contributed by atoms with Crippen molar-refractivity contribution in [1.82, 2.24) is 34.4 Å². The average molecular weight is 840 g/mol. The first-order valence-electron chi connectivity index (χ1n) is 19.3. The van der Waals surface area contributed by atoms with E-state index in [4.69, 9.17) is 27.9 Å². The van der Waals surface area contributed by atoms with Gasteiger partial charge in [-0.1, -0.05) is 29.3 Å². The summed E-state index contributed by atoms with van der Waals surface area (Å²) in [4.78, 5) is 59.9. The largest absolute Gasteiger partial charge is 0.477 e. The van der Waals surface area contributed by atoms with Crippen LogP contribution in [-0.2, 0) is 27.9 Å². The molecule has 15 nitrogen and oxygen atoms in total. The van der Waals surface area contributed by atoms with E-state index in [1.54, 1.807) is 59.1 Å². The van der Waals surface area contributed by atoms with E-state index < -0.39 is 17.7 Å². The van der Waals surface area contributed by atoms with Gasteiger partial charge in [0, 0.05) is 93.8 Å². The number of carbonyl (C=O) groups is 4. The fourth-order valence-electron chi connectivity index (χ4n) is 8.42. The number of amides is 3. The standard InChI is InChI=1S/C40H46Cl2FN9O6/c1-24-31(19-46-51(24)13-15-58-3)28-6-7-30(36(43)35(28)42)33-20-45-37(48(33)2)38(55)47-27-4-5-29(32(41)16-27)40(57)50-11-9-49(10-12-50)39(56)26-8-14-52(22-26,23-34(53)54)21-25-17-44-18-25/h4-7,16,19-20,25-26,44H,8-15,17-18,21-23H2,1-3H3,(H-,47,53,54,55,57)/p+1. The number of anilines is 1. The maximum atomic E-state index is 15.8. The Morgan fingerprint density at radius 2 is 1.76 bits per heavy atom. The summed E-state index contributed by atoms with van der Waals surface area (Å²) < 4.78 is 24.6. The molecule has 0 bridgehead atoms. The van der Waals surface area contributed by atoms with Crippen LogP contribution in [0.4, 0.5) is 10.1 Å². The SMILES string of the molecule is COCCn1ncc(-c2ccc(-c3cnc(C(=O)Nc4ccc(C(=O)N5CCN(C(=O)C6CC[N+](CC(=O)O)(CC7CNC7)C6)CC5)c(Cl)c4)n3C)c(F)c2Cl)c1C. The topological polar surface area (TPSA) is 164 Å². The van der Waals surface area contributed by atoms with Gasteiger partial charge in [-0.25, -0.2) is 14.2 Å². The summed E-state index contributed by atoms with van der Waals surface area (Å²) in [6.45, 7) is 8.00. The molecule has 18 heteroatoms. The zero-order valence-electron chi connectivity index (χ0n) is 32.6. The number of ether oxygens (including phenoxy) is 1. The minimum Gasteiger partial charge on any atom is -0.477 e. The molecule has 3 N–H and O–H groups in total. The molecule has 5 heterocycles. The van der Waals surface area contributed by atoms with Crippen molar-refractivity contribution in [3.05, 3.63) is 75.7 Å². The van der Waals surface area contributed by atoms with E-state index in [9.17, 15) is 24.3 Å². The van der Waals surface area contributed by atoms with Gasteiger partial charge < -0.3 is 39.3 Å². The summed E-state index contributed by atoms with van der Waals surface area (Å²) in [5, 5.41) is 20.0. The Bertz CT molecular complexity index is 2240. The Labute approximate surface area is 345 Å². The molecule has 2 aromatic heterocycles. The van der Waals surface area contributed by atoms with E-state index in [1.807, 2.05) is 6.92 Å². The number of aromatic nitrogens is 4. The van der Waals surface area contributed by atoms with Crippen LogP contribution < -0.4 is 10.6 Å². The van der Waals surface area contributed by atoms with E-state index in [-0.39, 0.29) is 51.3 Å². The number of rotatable bonds is 13. The second-order valence-corrected chi connectivity index (χ2v) is 16.2. The zero-order chi connectivity index (χ0) is 41.3. The van der Waals surface area contributed by atoms with Gasteiger partial charge in [0.05, 0.1) is 72.4 Å². The molecule has 3 aliphatic rings. The lowest BCUT2D eigenvalue weighted by Gasteiger charge is -2.40. The minimum absolute atomic E-state index is 0.00773. The predicted octanol–water partition coefficient (Wildman–Crippen LogP) is 4.03. The van der Waals surface area contributed by atoms with Crippen LogP contribution in [-0.4, -0.2) is 142 Å². The summed E-state index contributed by atoms with van der Waals surface area (Å²) in [6, 6.07) is 7.89. The number of carboxylic acid groups (broad SMARTS) is 1. The van der Waals surface area contributed by atoms with Crippen LogP contribution in [0.3, 0.4) is 0 Å². The third kappa shape index (κ3) is 8.34. The molecule has 2 atom stereocenters. The highest BCUT2D eigenvalue weighted by Crippen LogP contribution is 2.37. The smallest absolute Gasteiger partial charge is 0.359 e. The van der Waals surface area contributed by atoms with Crippen molar-refractivity contribution in [3.63, 3.8) is 0 Å². The van der Waals surface area contributed by atoms with Crippen molar-refractivity contribution >= 4 is 52.6 Å². The number of benzene rings is 2. The Morgan fingerprint density at radius 1 is 1.03 bits per heavy atom. The number of imidazole rings is 1. The van der Waals surface area contributed by atoms with Crippen LogP contribution in [0.2, 0.25) is 10.0 Å². The molecular formula is C40H47Cl2FN9O6+. The van der Waals surface area contributed by atoms with Gasteiger partial charge in [-0.3, -0.25) is 19.1 Å². The molecule has 2 unspecified atom stereocenters. The van der Waals surface area contributed by atoms with Crippen LogP contribution in [0, 0.1) is 24.6 Å². The normalized spacial score (nSPS) is 19.7. The third-order valence-electron chi connectivity index (χ3n) is 11.7.